The van der Waals surface area contributed by atoms with E-state index in [-0.39, 0.29) is 6.54 Å². The Morgan fingerprint density at radius 1 is 1.24 bits per heavy atom. The number of furan rings is 1. The van der Waals surface area contributed by atoms with Gasteiger partial charge in [0.25, 0.3) is 5.91 Å². The van der Waals surface area contributed by atoms with Crippen LogP contribution in [0.25, 0.3) is 0 Å². The van der Waals surface area contributed by atoms with Gasteiger partial charge in [-0.15, -0.1) is 0 Å². The summed E-state index contributed by atoms with van der Waals surface area (Å²) >= 11 is 0. The van der Waals surface area contributed by atoms with Gasteiger partial charge < -0.3 is 14.5 Å². The van der Waals surface area contributed by atoms with Crippen LogP contribution in [0, 0.1) is 11.6 Å². The van der Waals surface area contributed by atoms with Gasteiger partial charge in [-0.25, -0.2) is 13.6 Å². The highest BCUT2D eigenvalue weighted by Crippen LogP contribution is 2.10. The first kappa shape index (κ1) is 14.7. The molecule has 0 aliphatic heterocycles. The second-order valence-corrected chi connectivity index (χ2v) is 4.06. The number of ether oxygens (including phenoxy) is 1. The molecule has 0 saturated carbocycles. The van der Waals surface area contributed by atoms with Crippen molar-refractivity contribution in [2.75, 3.05) is 6.61 Å². The molecule has 1 aromatic carbocycles. The van der Waals surface area contributed by atoms with Crippen molar-refractivity contribution < 1.29 is 27.5 Å². The molecule has 0 aliphatic rings. The summed E-state index contributed by atoms with van der Waals surface area (Å²) in [5.74, 6) is -2.86. The Labute approximate surface area is 118 Å². The second-order valence-electron chi connectivity index (χ2n) is 4.06. The van der Waals surface area contributed by atoms with Gasteiger partial charge in [0.15, 0.2) is 6.61 Å². The summed E-state index contributed by atoms with van der Waals surface area (Å²) in [6.07, 6.45) is 1.45. The highest BCUT2D eigenvalue weighted by molar-refractivity contribution is 5.91. The van der Waals surface area contributed by atoms with Crippen molar-refractivity contribution in [3.8, 4) is 0 Å². The lowest BCUT2D eigenvalue weighted by Crippen LogP contribution is -2.28. The van der Waals surface area contributed by atoms with E-state index in [1.54, 1.807) is 12.1 Å². The Balaban J connectivity index is 1.83. The average Bonchev–Trinajstić information content (AvgIpc) is 2.98. The fraction of sp³-hybridized carbons (Fsp3) is 0.143. The van der Waals surface area contributed by atoms with E-state index < -0.39 is 35.7 Å². The van der Waals surface area contributed by atoms with Gasteiger partial charge in [0.2, 0.25) is 0 Å². The summed E-state index contributed by atoms with van der Waals surface area (Å²) in [5.41, 5.74) is -0.561. The first-order chi connectivity index (χ1) is 10.1. The molecule has 1 amide bonds. The molecule has 0 unspecified atom stereocenters. The van der Waals surface area contributed by atoms with Gasteiger partial charge in [-0.05, 0) is 30.3 Å². The van der Waals surface area contributed by atoms with Gasteiger partial charge in [-0.1, -0.05) is 0 Å². The van der Waals surface area contributed by atoms with Crippen LogP contribution in [0.15, 0.2) is 41.0 Å². The first-order valence-corrected chi connectivity index (χ1v) is 5.97. The van der Waals surface area contributed by atoms with Crippen molar-refractivity contribution in [3.63, 3.8) is 0 Å². The second kappa shape index (κ2) is 6.65. The van der Waals surface area contributed by atoms with Gasteiger partial charge >= 0.3 is 5.97 Å². The van der Waals surface area contributed by atoms with Crippen molar-refractivity contribution in [2.24, 2.45) is 0 Å². The minimum absolute atomic E-state index is 0.137. The number of hydrogen-bond acceptors (Lipinski definition) is 4. The number of carbonyl (C=O) groups is 2. The van der Waals surface area contributed by atoms with Crippen LogP contribution < -0.4 is 5.32 Å². The molecule has 7 heteroatoms. The number of carbonyl (C=O) groups excluding carboxylic acids is 2. The summed E-state index contributed by atoms with van der Waals surface area (Å²) in [7, 11) is 0. The number of hydrogen-bond donors (Lipinski definition) is 1. The molecule has 5 nitrogen and oxygen atoms in total. The maximum absolute atomic E-state index is 13.3. The van der Waals surface area contributed by atoms with Crippen LogP contribution in [0.4, 0.5) is 8.78 Å². The van der Waals surface area contributed by atoms with E-state index in [1.165, 1.54) is 6.26 Å². The third-order valence-corrected chi connectivity index (χ3v) is 2.52. The molecule has 0 bridgehead atoms. The zero-order valence-electron chi connectivity index (χ0n) is 10.8. The van der Waals surface area contributed by atoms with E-state index in [2.05, 4.69) is 10.1 Å². The van der Waals surface area contributed by atoms with Crippen molar-refractivity contribution in [2.45, 2.75) is 6.54 Å². The lowest BCUT2D eigenvalue weighted by Gasteiger charge is -2.06. The summed E-state index contributed by atoms with van der Waals surface area (Å²) in [6.45, 7) is -0.465. The molecule has 0 fully saturated rings. The molecule has 0 atom stereocenters. The quantitative estimate of drug-likeness (QED) is 0.857. The van der Waals surface area contributed by atoms with E-state index in [1.807, 2.05) is 0 Å². The summed E-state index contributed by atoms with van der Waals surface area (Å²) in [4.78, 5) is 23.0. The van der Waals surface area contributed by atoms with E-state index in [9.17, 15) is 18.4 Å². The largest absolute Gasteiger partial charge is 0.467 e. The van der Waals surface area contributed by atoms with Crippen LogP contribution >= 0.6 is 0 Å². The van der Waals surface area contributed by atoms with E-state index in [0.717, 1.165) is 12.1 Å². The van der Waals surface area contributed by atoms with Crippen molar-refractivity contribution in [1.29, 1.82) is 0 Å². The molecule has 2 rings (SSSR count). The van der Waals surface area contributed by atoms with Crippen molar-refractivity contribution >= 4 is 11.9 Å². The zero-order valence-corrected chi connectivity index (χ0v) is 10.8. The van der Waals surface area contributed by atoms with Gasteiger partial charge in [0.05, 0.1) is 18.4 Å². The van der Waals surface area contributed by atoms with E-state index in [0.29, 0.717) is 11.8 Å². The van der Waals surface area contributed by atoms with Crippen LogP contribution in [0.3, 0.4) is 0 Å². The SMILES string of the molecule is O=C(COC(=O)c1cc(F)ccc1F)NCc1ccco1. The van der Waals surface area contributed by atoms with Gasteiger partial charge in [-0.2, -0.15) is 0 Å². The third kappa shape index (κ3) is 4.13. The van der Waals surface area contributed by atoms with Crippen molar-refractivity contribution in [1.82, 2.24) is 5.32 Å². The van der Waals surface area contributed by atoms with E-state index in [4.69, 9.17) is 4.42 Å². The fourth-order valence-electron chi connectivity index (χ4n) is 1.51. The van der Waals surface area contributed by atoms with Crippen LogP contribution in [0.1, 0.15) is 16.1 Å². The molecule has 1 heterocycles. The average molecular weight is 295 g/mol. The minimum Gasteiger partial charge on any atom is -0.467 e. The standard InChI is InChI=1S/C14H11F2NO4/c15-9-3-4-12(16)11(6-9)14(19)21-8-13(18)17-7-10-2-1-5-20-10/h1-6H,7-8H2,(H,17,18). The number of amides is 1. The Morgan fingerprint density at radius 3 is 2.76 bits per heavy atom. The third-order valence-electron chi connectivity index (χ3n) is 2.52. The van der Waals surface area contributed by atoms with Crippen LogP contribution in [0.5, 0.6) is 0 Å². The number of benzene rings is 1. The number of rotatable bonds is 5. The topological polar surface area (TPSA) is 68.5 Å². The summed E-state index contributed by atoms with van der Waals surface area (Å²) in [6, 6.07) is 5.71. The van der Waals surface area contributed by atoms with E-state index >= 15 is 0 Å². The first-order valence-electron chi connectivity index (χ1n) is 5.97. The van der Waals surface area contributed by atoms with Gasteiger partial charge in [0, 0.05) is 0 Å². The van der Waals surface area contributed by atoms with Crippen LogP contribution in [-0.4, -0.2) is 18.5 Å². The maximum atomic E-state index is 13.3. The number of nitrogens with one attached hydrogen (secondary N) is 1. The van der Waals surface area contributed by atoms with Gasteiger partial charge in [0.1, 0.15) is 17.4 Å². The Kier molecular flexibility index (Phi) is 4.65. The molecular formula is C14H11F2NO4. The molecule has 110 valence electrons. The predicted octanol–water partition coefficient (Wildman–Crippen LogP) is 2.03. The lowest BCUT2D eigenvalue weighted by atomic mass is 10.2. The molecule has 0 spiro atoms. The zero-order chi connectivity index (χ0) is 15.2. The normalized spacial score (nSPS) is 10.2. The molecule has 21 heavy (non-hydrogen) atoms. The predicted molar refractivity (Wildman–Crippen MR) is 67.2 cm³/mol. The molecule has 0 saturated heterocycles. The molecular weight excluding hydrogens is 284 g/mol. The monoisotopic (exact) mass is 295 g/mol. The van der Waals surface area contributed by atoms with Gasteiger partial charge in [-0.3, -0.25) is 4.79 Å². The number of halogens is 2. The van der Waals surface area contributed by atoms with Crippen LogP contribution in [0.2, 0.25) is 0 Å². The molecule has 1 N–H and O–H groups in total. The highest BCUT2D eigenvalue weighted by atomic mass is 19.1. The summed E-state index contributed by atoms with van der Waals surface area (Å²) in [5, 5.41) is 2.44. The Hall–Kier alpha value is -2.70. The fourth-order valence-corrected chi connectivity index (χ4v) is 1.51. The minimum atomic E-state index is -1.11. The maximum Gasteiger partial charge on any atom is 0.341 e. The number of esters is 1. The smallest absolute Gasteiger partial charge is 0.341 e. The molecule has 1 aromatic heterocycles. The highest BCUT2D eigenvalue weighted by Gasteiger charge is 2.15. The molecule has 2 aromatic rings. The lowest BCUT2D eigenvalue weighted by molar-refractivity contribution is -0.124. The summed E-state index contributed by atoms with van der Waals surface area (Å²) < 4.78 is 35.8. The van der Waals surface area contributed by atoms with Crippen molar-refractivity contribution in [3.05, 3.63) is 59.6 Å². The van der Waals surface area contributed by atoms with Crippen LogP contribution in [-0.2, 0) is 16.1 Å². The Bertz CT molecular complexity index is 640. The molecule has 0 aliphatic carbocycles. The Morgan fingerprint density at radius 2 is 2.05 bits per heavy atom. The molecule has 0 radical (unpaired) electrons.